The van der Waals surface area contributed by atoms with Gasteiger partial charge >= 0.3 is 0 Å². The molecule has 2 rings (SSSR count). The van der Waals surface area contributed by atoms with Gasteiger partial charge in [-0.1, -0.05) is 29.8 Å². The van der Waals surface area contributed by atoms with Crippen molar-refractivity contribution in [1.82, 2.24) is 10.2 Å². The summed E-state index contributed by atoms with van der Waals surface area (Å²) < 4.78 is 10.6. The Hall–Kier alpha value is -1.63. The van der Waals surface area contributed by atoms with Crippen LogP contribution in [0.15, 0.2) is 29.3 Å². The monoisotopic (exact) mass is 334 g/mol. The zero-order chi connectivity index (χ0) is 17.4. The molecule has 134 valence electrons. The third-order valence-electron chi connectivity index (χ3n) is 4.16. The number of nitrogens with two attached hydrogens (primary N) is 1. The molecule has 1 heterocycles. The number of nitrogens with zero attached hydrogens (tertiary/aromatic N) is 2. The maximum atomic E-state index is 6.03. The Kier molecular flexibility index (Phi) is 7.49. The molecule has 1 aliphatic rings. The first-order valence-corrected chi connectivity index (χ1v) is 8.54. The van der Waals surface area contributed by atoms with E-state index in [2.05, 4.69) is 46.4 Å². The van der Waals surface area contributed by atoms with E-state index in [4.69, 9.17) is 15.2 Å². The number of ether oxygens (including phenoxy) is 2. The first kappa shape index (κ1) is 18.7. The van der Waals surface area contributed by atoms with Gasteiger partial charge in [0, 0.05) is 26.2 Å². The fraction of sp³-hybridized carbons (Fsp3) is 0.611. The standard InChI is InChI=1S/C18H30N4O2/c1-14-5-4-6-16(11-14)17(22-7-9-24-10-8-22)12-20-18(19)21-15(2)13-23-3/h4-6,11,15,17H,7-10,12-13H2,1-3H3,(H3,19,20,21). The Balaban J connectivity index is 2.08. The van der Waals surface area contributed by atoms with Crippen molar-refractivity contribution in [3.63, 3.8) is 0 Å². The first-order chi connectivity index (χ1) is 11.6. The maximum absolute atomic E-state index is 6.03. The molecule has 0 aliphatic carbocycles. The van der Waals surface area contributed by atoms with Gasteiger partial charge in [0.15, 0.2) is 5.96 Å². The van der Waals surface area contributed by atoms with E-state index >= 15 is 0 Å². The highest BCUT2D eigenvalue weighted by molar-refractivity contribution is 5.78. The minimum atomic E-state index is 0.138. The van der Waals surface area contributed by atoms with Gasteiger partial charge < -0.3 is 20.5 Å². The summed E-state index contributed by atoms with van der Waals surface area (Å²) >= 11 is 0. The molecular formula is C18H30N4O2. The highest BCUT2D eigenvalue weighted by Crippen LogP contribution is 2.23. The molecule has 2 unspecified atom stereocenters. The van der Waals surface area contributed by atoms with E-state index in [1.807, 2.05) is 6.92 Å². The molecule has 2 atom stereocenters. The summed E-state index contributed by atoms with van der Waals surface area (Å²) in [6.45, 7) is 8.73. The van der Waals surface area contributed by atoms with Crippen LogP contribution in [0.3, 0.4) is 0 Å². The van der Waals surface area contributed by atoms with Crippen LogP contribution in [-0.4, -0.2) is 63.5 Å². The van der Waals surface area contributed by atoms with Crippen LogP contribution in [0, 0.1) is 6.92 Å². The lowest BCUT2D eigenvalue weighted by atomic mass is 10.0. The van der Waals surface area contributed by atoms with Crippen LogP contribution in [0.25, 0.3) is 0 Å². The van der Waals surface area contributed by atoms with E-state index in [-0.39, 0.29) is 12.1 Å². The largest absolute Gasteiger partial charge is 0.383 e. The first-order valence-electron chi connectivity index (χ1n) is 8.54. The van der Waals surface area contributed by atoms with Crippen LogP contribution in [0.1, 0.15) is 24.1 Å². The average molecular weight is 334 g/mol. The molecule has 0 spiro atoms. The molecule has 1 aliphatic heterocycles. The number of guanidine groups is 1. The van der Waals surface area contributed by atoms with Gasteiger partial charge in [-0.25, -0.2) is 0 Å². The number of hydrogen-bond acceptors (Lipinski definition) is 4. The zero-order valence-electron chi connectivity index (χ0n) is 15.0. The van der Waals surface area contributed by atoms with Crippen molar-refractivity contribution in [2.45, 2.75) is 25.9 Å². The Labute approximate surface area is 145 Å². The van der Waals surface area contributed by atoms with Crippen molar-refractivity contribution in [3.05, 3.63) is 35.4 Å². The molecular weight excluding hydrogens is 304 g/mol. The normalized spacial score (nSPS) is 19.0. The van der Waals surface area contributed by atoms with Crippen molar-refractivity contribution in [1.29, 1.82) is 0 Å². The van der Waals surface area contributed by atoms with Gasteiger partial charge in [0.2, 0.25) is 0 Å². The van der Waals surface area contributed by atoms with Crippen LogP contribution < -0.4 is 11.1 Å². The molecule has 1 aromatic rings. The molecule has 0 radical (unpaired) electrons. The Bertz CT molecular complexity index is 530. The SMILES string of the molecule is COCC(C)NC(N)=NCC(c1cccc(C)c1)N1CCOCC1. The second-order valence-electron chi connectivity index (χ2n) is 6.30. The quantitative estimate of drug-likeness (QED) is 0.581. The maximum Gasteiger partial charge on any atom is 0.188 e. The molecule has 0 saturated carbocycles. The van der Waals surface area contributed by atoms with Gasteiger partial charge in [-0.3, -0.25) is 9.89 Å². The molecule has 6 nitrogen and oxygen atoms in total. The molecule has 24 heavy (non-hydrogen) atoms. The van der Waals surface area contributed by atoms with Gasteiger partial charge in [0.05, 0.1) is 32.4 Å². The van der Waals surface area contributed by atoms with Gasteiger partial charge in [-0.05, 0) is 19.4 Å². The zero-order valence-corrected chi connectivity index (χ0v) is 15.0. The van der Waals surface area contributed by atoms with Crippen molar-refractivity contribution in [3.8, 4) is 0 Å². The van der Waals surface area contributed by atoms with Crippen molar-refractivity contribution in [2.24, 2.45) is 10.7 Å². The van der Waals surface area contributed by atoms with E-state index < -0.39 is 0 Å². The minimum absolute atomic E-state index is 0.138. The van der Waals surface area contributed by atoms with Crippen LogP contribution in [0.2, 0.25) is 0 Å². The van der Waals surface area contributed by atoms with Crippen molar-refractivity contribution in [2.75, 3.05) is 46.6 Å². The minimum Gasteiger partial charge on any atom is -0.383 e. The second kappa shape index (κ2) is 9.61. The van der Waals surface area contributed by atoms with Gasteiger partial charge in [-0.15, -0.1) is 0 Å². The summed E-state index contributed by atoms with van der Waals surface area (Å²) in [5.74, 6) is 0.463. The lowest BCUT2D eigenvalue weighted by Crippen LogP contribution is -2.43. The summed E-state index contributed by atoms with van der Waals surface area (Å²) in [4.78, 5) is 7.00. The highest BCUT2D eigenvalue weighted by atomic mass is 16.5. The fourth-order valence-electron chi connectivity index (χ4n) is 2.97. The summed E-state index contributed by atoms with van der Waals surface area (Å²) in [7, 11) is 1.68. The fourth-order valence-corrected chi connectivity index (χ4v) is 2.97. The van der Waals surface area contributed by atoms with E-state index in [0.717, 1.165) is 26.3 Å². The molecule has 6 heteroatoms. The predicted octanol–water partition coefficient (Wildman–Crippen LogP) is 1.31. The van der Waals surface area contributed by atoms with E-state index in [1.54, 1.807) is 7.11 Å². The summed E-state index contributed by atoms with van der Waals surface area (Å²) in [6, 6.07) is 8.97. The van der Waals surface area contributed by atoms with Crippen molar-refractivity contribution >= 4 is 5.96 Å². The molecule has 0 bridgehead atoms. The summed E-state index contributed by atoms with van der Waals surface area (Å²) in [5, 5.41) is 3.16. The van der Waals surface area contributed by atoms with E-state index in [1.165, 1.54) is 11.1 Å². The Morgan fingerprint density at radius 3 is 2.83 bits per heavy atom. The third-order valence-corrected chi connectivity index (χ3v) is 4.16. The average Bonchev–Trinajstić information content (AvgIpc) is 2.56. The van der Waals surface area contributed by atoms with Gasteiger partial charge in [0.25, 0.3) is 0 Å². The highest BCUT2D eigenvalue weighted by Gasteiger charge is 2.22. The lowest BCUT2D eigenvalue weighted by molar-refractivity contribution is 0.0179. The van der Waals surface area contributed by atoms with Gasteiger partial charge in [0.1, 0.15) is 0 Å². The third kappa shape index (κ3) is 5.78. The van der Waals surface area contributed by atoms with Crippen LogP contribution in [0.4, 0.5) is 0 Å². The predicted molar refractivity (Wildman–Crippen MR) is 97.3 cm³/mol. The number of hydrogen-bond donors (Lipinski definition) is 2. The molecule has 0 aromatic heterocycles. The number of morpholine rings is 1. The number of rotatable bonds is 7. The summed E-state index contributed by atoms with van der Waals surface area (Å²) in [6.07, 6.45) is 0. The van der Waals surface area contributed by atoms with Crippen LogP contribution in [0.5, 0.6) is 0 Å². The molecule has 0 amide bonds. The molecule has 1 saturated heterocycles. The Morgan fingerprint density at radius 1 is 1.42 bits per heavy atom. The number of nitrogens with one attached hydrogen (secondary N) is 1. The number of aliphatic imine (C=N–C) groups is 1. The van der Waals surface area contributed by atoms with E-state index in [0.29, 0.717) is 19.1 Å². The van der Waals surface area contributed by atoms with Crippen LogP contribution in [-0.2, 0) is 9.47 Å². The molecule has 1 fully saturated rings. The Morgan fingerprint density at radius 2 is 2.17 bits per heavy atom. The topological polar surface area (TPSA) is 72.1 Å². The van der Waals surface area contributed by atoms with Crippen LogP contribution >= 0.6 is 0 Å². The number of methoxy groups -OCH3 is 1. The smallest absolute Gasteiger partial charge is 0.188 e. The van der Waals surface area contributed by atoms with Gasteiger partial charge in [-0.2, -0.15) is 0 Å². The molecule has 3 N–H and O–H groups in total. The lowest BCUT2D eigenvalue weighted by Gasteiger charge is -2.34. The van der Waals surface area contributed by atoms with Crippen molar-refractivity contribution < 1.29 is 9.47 Å². The summed E-state index contributed by atoms with van der Waals surface area (Å²) in [5.41, 5.74) is 8.57. The number of aryl methyl sites for hydroxylation is 1. The number of benzene rings is 1. The molecule has 1 aromatic carbocycles. The van der Waals surface area contributed by atoms with E-state index in [9.17, 15) is 0 Å². The second-order valence-corrected chi connectivity index (χ2v) is 6.30.